The van der Waals surface area contributed by atoms with Crippen molar-refractivity contribution in [2.45, 2.75) is 57.4 Å². The van der Waals surface area contributed by atoms with Crippen molar-refractivity contribution in [2.75, 3.05) is 19.7 Å². The SMILES string of the molecule is OCC1CCCN(C2CCCCCC2)C1. The lowest BCUT2D eigenvalue weighted by atomic mass is 9.95. The second kappa shape index (κ2) is 5.86. The monoisotopic (exact) mass is 211 g/mol. The minimum absolute atomic E-state index is 0.392. The van der Waals surface area contributed by atoms with Crippen molar-refractivity contribution in [3.05, 3.63) is 0 Å². The molecule has 0 amide bonds. The lowest BCUT2D eigenvalue weighted by molar-refractivity contribution is 0.0815. The van der Waals surface area contributed by atoms with Crippen molar-refractivity contribution < 1.29 is 5.11 Å². The first-order valence-corrected chi connectivity index (χ1v) is 6.75. The molecule has 1 saturated carbocycles. The first-order valence-electron chi connectivity index (χ1n) is 6.75. The molecule has 1 unspecified atom stereocenters. The summed E-state index contributed by atoms with van der Waals surface area (Å²) in [5.41, 5.74) is 0. The topological polar surface area (TPSA) is 23.5 Å². The van der Waals surface area contributed by atoms with Gasteiger partial charge < -0.3 is 10.0 Å². The highest BCUT2D eigenvalue weighted by Crippen LogP contribution is 2.26. The molecule has 1 aliphatic heterocycles. The number of aliphatic hydroxyl groups excluding tert-OH is 1. The van der Waals surface area contributed by atoms with E-state index < -0.39 is 0 Å². The van der Waals surface area contributed by atoms with E-state index in [0.717, 1.165) is 12.6 Å². The molecule has 1 N–H and O–H groups in total. The van der Waals surface area contributed by atoms with Gasteiger partial charge in [0.15, 0.2) is 0 Å². The Kier molecular flexibility index (Phi) is 4.45. The Morgan fingerprint density at radius 1 is 0.933 bits per heavy atom. The Balaban J connectivity index is 1.84. The highest BCUT2D eigenvalue weighted by atomic mass is 16.3. The molecule has 0 bridgehead atoms. The van der Waals surface area contributed by atoms with Gasteiger partial charge in [-0.2, -0.15) is 0 Å². The molecule has 0 aromatic carbocycles. The van der Waals surface area contributed by atoms with E-state index in [9.17, 15) is 5.11 Å². The highest BCUT2D eigenvalue weighted by molar-refractivity contribution is 4.80. The van der Waals surface area contributed by atoms with E-state index in [1.165, 1.54) is 57.9 Å². The summed E-state index contributed by atoms with van der Waals surface area (Å²) in [4.78, 5) is 2.66. The van der Waals surface area contributed by atoms with Crippen LogP contribution in [0.4, 0.5) is 0 Å². The van der Waals surface area contributed by atoms with Gasteiger partial charge >= 0.3 is 0 Å². The van der Waals surface area contributed by atoms with Crippen molar-refractivity contribution in [3.63, 3.8) is 0 Å². The predicted octanol–water partition coefficient (Wildman–Crippen LogP) is 2.41. The van der Waals surface area contributed by atoms with Crippen LogP contribution in [0.5, 0.6) is 0 Å². The first kappa shape index (κ1) is 11.4. The Hall–Kier alpha value is -0.0800. The van der Waals surface area contributed by atoms with Crippen LogP contribution >= 0.6 is 0 Å². The van der Waals surface area contributed by atoms with Crippen LogP contribution in [0.15, 0.2) is 0 Å². The summed E-state index contributed by atoms with van der Waals surface area (Å²) in [6, 6.07) is 0.835. The average molecular weight is 211 g/mol. The molecular formula is C13H25NO. The number of hydrogen-bond acceptors (Lipinski definition) is 2. The fourth-order valence-corrected chi connectivity index (χ4v) is 3.20. The Morgan fingerprint density at radius 3 is 2.33 bits per heavy atom. The third kappa shape index (κ3) is 3.18. The molecule has 1 saturated heterocycles. The fraction of sp³-hybridized carbons (Fsp3) is 1.00. The largest absolute Gasteiger partial charge is 0.396 e. The first-order chi connectivity index (χ1) is 7.40. The van der Waals surface area contributed by atoms with E-state index in [2.05, 4.69) is 4.90 Å². The highest BCUT2D eigenvalue weighted by Gasteiger charge is 2.25. The molecule has 0 aromatic heterocycles. The number of nitrogens with zero attached hydrogens (tertiary/aromatic N) is 1. The van der Waals surface area contributed by atoms with Crippen LogP contribution < -0.4 is 0 Å². The molecule has 2 rings (SSSR count). The maximum Gasteiger partial charge on any atom is 0.0471 e. The number of rotatable bonds is 2. The van der Waals surface area contributed by atoms with Gasteiger partial charge in [-0.05, 0) is 38.1 Å². The van der Waals surface area contributed by atoms with Crippen LogP contribution in [0.3, 0.4) is 0 Å². The molecule has 88 valence electrons. The molecule has 1 heterocycles. The van der Waals surface area contributed by atoms with Crippen molar-refractivity contribution in [1.29, 1.82) is 0 Å². The second-order valence-corrected chi connectivity index (χ2v) is 5.33. The minimum atomic E-state index is 0.392. The van der Waals surface area contributed by atoms with Crippen LogP contribution in [0.25, 0.3) is 0 Å². The van der Waals surface area contributed by atoms with Crippen LogP contribution in [0, 0.1) is 5.92 Å². The molecule has 0 spiro atoms. The average Bonchev–Trinajstić information content (AvgIpc) is 2.58. The lowest BCUT2D eigenvalue weighted by Gasteiger charge is -2.37. The zero-order chi connectivity index (χ0) is 10.5. The molecular weight excluding hydrogens is 186 g/mol. The summed E-state index contributed by atoms with van der Waals surface area (Å²) in [6.07, 6.45) is 11.1. The van der Waals surface area contributed by atoms with Crippen LogP contribution in [-0.2, 0) is 0 Å². The van der Waals surface area contributed by atoms with E-state index in [1.54, 1.807) is 0 Å². The maximum absolute atomic E-state index is 9.24. The van der Waals surface area contributed by atoms with E-state index in [1.807, 2.05) is 0 Å². The van der Waals surface area contributed by atoms with Gasteiger partial charge in [-0.1, -0.05) is 25.7 Å². The minimum Gasteiger partial charge on any atom is -0.396 e. The third-order valence-corrected chi connectivity index (χ3v) is 4.15. The van der Waals surface area contributed by atoms with Gasteiger partial charge in [0.25, 0.3) is 0 Å². The molecule has 2 heteroatoms. The molecule has 2 nitrogen and oxygen atoms in total. The number of piperidine rings is 1. The van der Waals surface area contributed by atoms with E-state index in [4.69, 9.17) is 0 Å². The lowest BCUT2D eigenvalue weighted by Crippen LogP contribution is -2.43. The molecule has 2 aliphatic rings. The second-order valence-electron chi connectivity index (χ2n) is 5.33. The summed E-state index contributed by atoms with van der Waals surface area (Å²) < 4.78 is 0. The van der Waals surface area contributed by atoms with Crippen molar-refractivity contribution in [1.82, 2.24) is 4.90 Å². The van der Waals surface area contributed by atoms with Crippen LogP contribution in [-0.4, -0.2) is 35.7 Å². The summed E-state index contributed by atoms with van der Waals surface area (Å²) in [5, 5.41) is 9.24. The van der Waals surface area contributed by atoms with E-state index in [-0.39, 0.29) is 0 Å². The quantitative estimate of drug-likeness (QED) is 0.709. The van der Waals surface area contributed by atoms with Crippen molar-refractivity contribution in [2.24, 2.45) is 5.92 Å². The number of likely N-dealkylation sites (tertiary alicyclic amines) is 1. The van der Waals surface area contributed by atoms with Crippen LogP contribution in [0.2, 0.25) is 0 Å². The fourth-order valence-electron chi connectivity index (χ4n) is 3.20. The van der Waals surface area contributed by atoms with Gasteiger partial charge in [0.1, 0.15) is 0 Å². The van der Waals surface area contributed by atoms with Crippen molar-refractivity contribution >= 4 is 0 Å². The summed E-state index contributed by atoms with van der Waals surface area (Å²) in [7, 11) is 0. The Morgan fingerprint density at radius 2 is 1.67 bits per heavy atom. The molecule has 15 heavy (non-hydrogen) atoms. The van der Waals surface area contributed by atoms with Crippen LogP contribution in [0.1, 0.15) is 51.4 Å². The molecule has 1 atom stereocenters. The van der Waals surface area contributed by atoms with Gasteiger partial charge in [-0.15, -0.1) is 0 Å². The summed E-state index contributed by atoms with van der Waals surface area (Å²) in [5.74, 6) is 0.557. The predicted molar refractivity (Wildman–Crippen MR) is 62.9 cm³/mol. The zero-order valence-electron chi connectivity index (χ0n) is 9.83. The van der Waals surface area contributed by atoms with Gasteiger partial charge in [-0.3, -0.25) is 0 Å². The summed E-state index contributed by atoms with van der Waals surface area (Å²) in [6.45, 7) is 2.82. The smallest absolute Gasteiger partial charge is 0.0471 e. The molecule has 0 aromatic rings. The number of hydrogen-bond donors (Lipinski definition) is 1. The van der Waals surface area contributed by atoms with E-state index in [0.29, 0.717) is 12.5 Å². The maximum atomic E-state index is 9.24. The molecule has 2 fully saturated rings. The molecule has 0 radical (unpaired) electrons. The number of aliphatic hydroxyl groups is 1. The van der Waals surface area contributed by atoms with Gasteiger partial charge in [0, 0.05) is 19.2 Å². The van der Waals surface area contributed by atoms with Gasteiger partial charge in [0.2, 0.25) is 0 Å². The van der Waals surface area contributed by atoms with E-state index >= 15 is 0 Å². The third-order valence-electron chi connectivity index (χ3n) is 4.15. The Labute approximate surface area is 93.7 Å². The normalized spacial score (nSPS) is 31.4. The Bertz CT molecular complexity index is 175. The van der Waals surface area contributed by atoms with Gasteiger partial charge in [-0.25, -0.2) is 0 Å². The van der Waals surface area contributed by atoms with Crippen molar-refractivity contribution in [3.8, 4) is 0 Å². The molecule has 1 aliphatic carbocycles. The summed E-state index contributed by atoms with van der Waals surface area (Å²) >= 11 is 0. The van der Waals surface area contributed by atoms with Gasteiger partial charge in [0.05, 0.1) is 0 Å². The zero-order valence-corrected chi connectivity index (χ0v) is 9.83. The standard InChI is InChI=1S/C13H25NO/c15-11-12-6-5-9-14(10-12)13-7-3-1-2-4-8-13/h12-13,15H,1-11H2.